The van der Waals surface area contributed by atoms with Gasteiger partial charge in [-0.3, -0.25) is 4.79 Å². The first-order chi connectivity index (χ1) is 9.04. The lowest BCUT2D eigenvalue weighted by Gasteiger charge is -2.27. The van der Waals surface area contributed by atoms with Gasteiger partial charge in [0.2, 0.25) is 0 Å². The van der Waals surface area contributed by atoms with E-state index < -0.39 is 5.97 Å². The SMILES string of the molecule is CCC(C)N(CC(=O)O)C(=O)NCc1ccccc1. The van der Waals surface area contributed by atoms with Crippen molar-refractivity contribution in [1.82, 2.24) is 10.2 Å². The van der Waals surface area contributed by atoms with Crippen molar-refractivity contribution in [3.8, 4) is 0 Å². The number of carboxylic acid groups (broad SMARTS) is 1. The second kappa shape index (κ2) is 7.41. The van der Waals surface area contributed by atoms with Gasteiger partial charge in [-0.1, -0.05) is 37.3 Å². The molecule has 0 aliphatic carbocycles. The number of urea groups is 1. The number of amides is 2. The minimum Gasteiger partial charge on any atom is -0.480 e. The maximum atomic E-state index is 12.0. The molecule has 1 unspecified atom stereocenters. The summed E-state index contributed by atoms with van der Waals surface area (Å²) < 4.78 is 0. The first-order valence-corrected chi connectivity index (χ1v) is 6.34. The van der Waals surface area contributed by atoms with E-state index in [1.54, 1.807) is 0 Å². The maximum Gasteiger partial charge on any atom is 0.323 e. The van der Waals surface area contributed by atoms with Crippen LogP contribution in [-0.2, 0) is 11.3 Å². The summed E-state index contributed by atoms with van der Waals surface area (Å²) in [6.07, 6.45) is 0.714. The summed E-state index contributed by atoms with van der Waals surface area (Å²) in [5, 5.41) is 11.6. The van der Waals surface area contributed by atoms with Gasteiger partial charge in [0.25, 0.3) is 0 Å². The van der Waals surface area contributed by atoms with Crippen molar-refractivity contribution in [2.75, 3.05) is 6.54 Å². The van der Waals surface area contributed by atoms with Gasteiger partial charge in [-0.05, 0) is 18.9 Å². The molecule has 2 amide bonds. The Bertz CT molecular complexity index is 420. The van der Waals surface area contributed by atoms with Gasteiger partial charge in [0.15, 0.2) is 0 Å². The zero-order valence-electron chi connectivity index (χ0n) is 11.3. The lowest BCUT2D eigenvalue weighted by Crippen LogP contribution is -2.47. The van der Waals surface area contributed by atoms with E-state index in [2.05, 4.69) is 5.32 Å². The standard InChI is InChI=1S/C14H20N2O3/c1-3-11(2)16(10-13(17)18)14(19)15-9-12-7-5-4-6-8-12/h4-8,11H,3,9-10H2,1-2H3,(H,15,19)(H,17,18). The van der Waals surface area contributed by atoms with Gasteiger partial charge in [-0.15, -0.1) is 0 Å². The number of nitrogens with one attached hydrogen (secondary N) is 1. The van der Waals surface area contributed by atoms with Gasteiger partial charge >= 0.3 is 12.0 Å². The van der Waals surface area contributed by atoms with Crippen LogP contribution >= 0.6 is 0 Å². The zero-order chi connectivity index (χ0) is 14.3. The molecule has 104 valence electrons. The molecule has 0 aliphatic heterocycles. The third kappa shape index (κ3) is 4.99. The molecule has 0 spiro atoms. The van der Waals surface area contributed by atoms with E-state index in [9.17, 15) is 9.59 Å². The van der Waals surface area contributed by atoms with Gasteiger partial charge in [0.1, 0.15) is 6.54 Å². The van der Waals surface area contributed by atoms with Crippen LogP contribution < -0.4 is 5.32 Å². The van der Waals surface area contributed by atoms with Crippen LogP contribution in [0.25, 0.3) is 0 Å². The molecular formula is C14H20N2O3. The van der Waals surface area contributed by atoms with Crippen molar-refractivity contribution in [3.05, 3.63) is 35.9 Å². The molecular weight excluding hydrogens is 244 g/mol. The Labute approximate surface area is 113 Å². The van der Waals surface area contributed by atoms with Crippen LogP contribution in [0.5, 0.6) is 0 Å². The van der Waals surface area contributed by atoms with E-state index in [0.717, 1.165) is 5.56 Å². The number of hydrogen-bond acceptors (Lipinski definition) is 2. The molecule has 1 aromatic rings. The predicted octanol–water partition coefficient (Wildman–Crippen LogP) is 2.08. The molecule has 0 heterocycles. The summed E-state index contributed by atoms with van der Waals surface area (Å²) in [6, 6.07) is 9.06. The number of rotatable bonds is 6. The maximum absolute atomic E-state index is 12.0. The molecule has 0 saturated carbocycles. The highest BCUT2D eigenvalue weighted by molar-refractivity contribution is 5.80. The average molecular weight is 264 g/mol. The minimum absolute atomic E-state index is 0.105. The molecule has 2 N–H and O–H groups in total. The number of carbonyl (C=O) groups is 2. The lowest BCUT2D eigenvalue weighted by molar-refractivity contribution is -0.138. The average Bonchev–Trinajstić information content (AvgIpc) is 2.42. The van der Waals surface area contributed by atoms with Gasteiger partial charge in [0.05, 0.1) is 0 Å². The van der Waals surface area contributed by atoms with Crippen LogP contribution in [0.1, 0.15) is 25.8 Å². The van der Waals surface area contributed by atoms with E-state index in [-0.39, 0.29) is 18.6 Å². The van der Waals surface area contributed by atoms with Crippen molar-refractivity contribution in [2.24, 2.45) is 0 Å². The summed E-state index contributed by atoms with van der Waals surface area (Å²) in [4.78, 5) is 24.1. The van der Waals surface area contributed by atoms with Crippen LogP contribution in [-0.4, -0.2) is 34.6 Å². The molecule has 5 nitrogen and oxygen atoms in total. The van der Waals surface area contributed by atoms with Crippen molar-refractivity contribution < 1.29 is 14.7 Å². The Morgan fingerprint density at radius 2 is 1.95 bits per heavy atom. The molecule has 0 bridgehead atoms. The smallest absolute Gasteiger partial charge is 0.323 e. The number of carboxylic acids is 1. The molecule has 0 fully saturated rings. The van der Waals surface area contributed by atoms with Gasteiger partial charge < -0.3 is 15.3 Å². The van der Waals surface area contributed by atoms with E-state index in [4.69, 9.17) is 5.11 Å². The highest BCUT2D eigenvalue weighted by Crippen LogP contribution is 2.05. The van der Waals surface area contributed by atoms with Crippen LogP contribution in [0.2, 0.25) is 0 Å². The molecule has 0 aromatic heterocycles. The van der Waals surface area contributed by atoms with Gasteiger partial charge in [-0.25, -0.2) is 4.79 Å². The first kappa shape index (κ1) is 15.0. The predicted molar refractivity (Wildman–Crippen MR) is 72.8 cm³/mol. The second-order valence-electron chi connectivity index (χ2n) is 4.42. The summed E-state index contributed by atoms with van der Waals surface area (Å²) >= 11 is 0. The highest BCUT2D eigenvalue weighted by Gasteiger charge is 2.21. The van der Waals surface area contributed by atoms with Crippen molar-refractivity contribution >= 4 is 12.0 Å². The monoisotopic (exact) mass is 264 g/mol. The number of hydrogen-bond donors (Lipinski definition) is 2. The first-order valence-electron chi connectivity index (χ1n) is 6.34. The highest BCUT2D eigenvalue weighted by atomic mass is 16.4. The third-order valence-corrected chi connectivity index (χ3v) is 2.98. The fourth-order valence-electron chi connectivity index (χ4n) is 1.67. The third-order valence-electron chi connectivity index (χ3n) is 2.98. The largest absolute Gasteiger partial charge is 0.480 e. The number of aliphatic carboxylic acids is 1. The molecule has 1 rings (SSSR count). The van der Waals surface area contributed by atoms with Gasteiger partial charge in [0, 0.05) is 12.6 Å². The van der Waals surface area contributed by atoms with Crippen LogP contribution in [0.4, 0.5) is 4.79 Å². The lowest BCUT2D eigenvalue weighted by atomic mass is 10.2. The number of benzene rings is 1. The van der Waals surface area contributed by atoms with Crippen molar-refractivity contribution in [2.45, 2.75) is 32.9 Å². The molecule has 19 heavy (non-hydrogen) atoms. The summed E-state index contributed by atoms with van der Waals surface area (Å²) in [6.45, 7) is 3.87. The van der Waals surface area contributed by atoms with E-state index in [0.29, 0.717) is 13.0 Å². The topological polar surface area (TPSA) is 69.6 Å². The van der Waals surface area contributed by atoms with E-state index in [1.165, 1.54) is 4.90 Å². The molecule has 0 radical (unpaired) electrons. The zero-order valence-corrected chi connectivity index (χ0v) is 11.3. The molecule has 1 aromatic carbocycles. The van der Waals surface area contributed by atoms with Crippen molar-refractivity contribution in [1.29, 1.82) is 0 Å². The minimum atomic E-state index is -1.00. The summed E-state index contributed by atoms with van der Waals surface area (Å²) in [5.41, 5.74) is 0.982. The van der Waals surface area contributed by atoms with Crippen molar-refractivity contribution in [3.63, 3.8) is 0 Å². The van der Waals surface area contributed by atoms with E-state index >= 15 is 0 Å². The Morgan fingerprint density at radius 3 is 2.47 bits per heavy atom. The fraction of sp³-hybridized carbons (Fsp3) is 0.429. The fourth-order valence-corrected chi connectivity index (χ4v) is 1.67. The molecule has 0 aliphatic rings. The Morgan fingerprint density at radius 1 is 1.32 bits per heavy atom. The van der Waals surface area contributed by atoms with Crippen LogP contribution in [0, 0.1) is 0 Å². The summed E-state index contributed by atoms with van der Waals surface area (Å²) in [7, 11) is 0. The quantitative estimate of drug-likeness (QED) is 0.826. The van der Waals surface area contributed by atoms with Crippen LogP contribution in [0.15, 0.2) is 30.3 Å². The molecule has 0 saturated heterocycles. The Hall–Kier alpha value is -2.04. The number of nitrogens with zero attached hydrogens (tertiary/aromatic N) is 1. The number of carbonyl (C=O) groups excluding carboxylic acids is 1. The van der Waals surface area contributed by atoms with Crippen LogP contribution in [0.3, 0.4) is 0 Å². The Balaban J connectivity index is 2.59. The van der Waals surface area contributed by atoms with Gasteiger partial charge in [-0.2, -0.15) is 0 Å². The van der Waals surface area contributed by atoms with E-state index in [1.807, 2.05) is 44.2 Å². The Kier molecular flexibility index (Phi) is 5.85. The molecule has 1 atom stereocenters. The second-order valence-corrected chi connectivity index (χ2v) is 4.42. The summed E-state index contributed by atoms with van der Waals surface area (Å²) in [5.74, 6) is -1.00. The normalized spacial score (nSPS) is 11.7. The molecule has 5 heteroatoms.